The summed E-state index contributed by atoms with van der Waals surface area (Å²) in [5.41, 5.74) is 0.929. The molecule has 2 rings (SSSR count). The van der Waals surface area contributed by atoms with Gasteiger partial charge >= 0.3 is 12.0 Å². The van der Waals surface area contributed by atoms with E-state index in [0.29, 0.717) is 18.2 Å². The van der Waals surface area contributed by atoms with Crippen molar-refractivity contribution in [2.24, 2.45) is 5.92 Å². The van der Waals surface area contributed by atoms with E-state index in [4.69, 9.17) is 4.74 Å². The van der Waals surface area contributed by atoms with Crippen LogP contribution in [0.15, 0.2) is 29.5 Å². The Morgan fingerprint density at radius 2 is 2.00 bits per heavy atom. The number of halogens is 2. The van der Waals surface area contributed by atoms with Crippen molar-refractivity contribution in [1.29, 1.82) is 0 Å². The lowest BCUT2D eigenvalue weighted by molar-refractivity contribution is -0.136. The molecule has 0 unspecified atom stereocenters. The first-order valence-electron chi connectivity index (χ1n) is 8.08. The number of methoxy groups -OCH3 is 1. The van der Waals surface area contributed by atoms with E-state index in [-0.39, 0.29) is 17.2 Å². The molecule has 1 heterocycles. The minimum absolute atomic E-state index is 0.205. The highest BCUT2D eigenvalue weighted by Gasteiger charge is 2.36. The zero-order valence-electron chi connectivity index (χ0n) is 14.7. The van der Waals surface area contributed by atoms with Gasteiger partial charge in [-0.05, 0) is 37.0 Å². The number of carbonyl (C=O) groups excluding carboxylic acids is 2. The lowest BCUT2D eigenvalue weighted by atomic mass is 9.94. The molecular weight excluding hydrogens is 330 g/mol. The van der Waals surface area contributed by atoms with E-state index < -0.39 is 23.6 Å². The number of amides is 2. The molecule has 0 radical (unpaired) electrons. The quantitative estimate of drug-likeness (QED) is 0.825. The SMILES string of the molecule is COC(=O)C1=C(C)N(CCC(C)C)C(=O)N[C@H]1c1ccc(F)c(F)c1. The summed E-state index contributed by atoms with van der Waals surface area (Å²) in [7, 11) is 1.24. The van der Waals surface area contributed by atoms with Gasteiger partial charge in [-0.2, -0.15) is 0 Å². The Balaban J connectivity index is 2.47. The van der Waals surface area contributed by atoms with E-state index in [1.807, 2.05) is 13.8 Å². The van der Waals surface area contributed by atoms with Crippen LogP contribution in [-0.2, 0) is 9.53 Å². The first-order valence-corrected chi connectivity index (χ1v) is 8.08. The molecule has 0 fully saturated rings. The molecule has 0 saturated heterocycles. The second kappa shape index (κ2) is 7.63. The van der Waals surface area contributed by atoms with Gasteiger partial charge in [0.1, 0.15) is 0 Å². The number of benzene rings is 1. The summed E-state index contributed by atoms with van der Waals surface area (Å²) >= 11 is 0. The first-order chi connectivity index (χ1) is 11.8. The first kappa shape index (κ1) is 18.9. The molecule has 5 nitrogen and oxygen atoms in total. The van der Waals surface area contributed by atoms with Gasteiger partial charge in [-0.3, -0.25) is 4.90 Å². The van der Waals surface area contributed by atoms with Crippen molar-refractivity contribution in [2.45, 2.75) is 33.2 Å². The molecule has 0 bridgehead atoms. The van der Waals surface area contributed by atoms with Crippen LogP contribution in [0.3, 0.4) is 0 Å². The number of ether oxygens (including phenoxy) is 1. The van der Waals surface area contributed by atoms with Crippen LogP contribution in [0.2, 0.25) is 0 Å². The molecule has 1 aromatic rings. The van der Waals surface area contributed by atoms with Crippen LogP contribution in [0.1, 0.15) is 38.8 Å². The highest BCUT2D eigenvalue weighted by atomic mass is 19.2. The van der Waals surface area contributed by atoms with E-state index >= 15 is 0 Å². The van der Waals surface area contributed by atoms with E-state index in [0.717, 1.165) is 18.6 Å². The van der Waals surface area contributed by atoms with Gasteiger partial charge in [0.2, 0.25) is 0 Å². The largest absolute Gasteiger partial charge is 0.466 e. The van der Waals surface area contributed by atoms with Gasteiger partial charge in [-0.1, -0.05) is 19.9 Å². The molecule has 0 aromatic heterocycles. The molecule has 1 aliphatic heterocycles. The maximum absolute atomic E-state index is 13.6. The van der Waals surface area contributed by atoms with E-state index in [1.54, 1.807) is 6.92 Å². The Hall–Kier alpha value is -2.44. The Morgan fingerprint density at radius 3 is 2.56 bits per heavy atom. The Bertz CT molecular complexity index is 716. The molecule has 1 aromatic carbocycles. The van der Waals surface area contributed by atoms with Crippen molar-refractivity contribution in [1.82, 2.24) is 10.2 Å². The molecular formula is C18H22F2N2O3. The van der Waals surface area contributed by atoms with Crippen molar-refractivity contribution in [2.75, 3.05) is 13.7 Å². The summed E-state index contributed by atoms with van der Waals surface area (Å²) in [4.78, 5) is 26.2. The molecule has 7 heteroatoms. The molecule has 0 spiro atoms. The van der Waals surface area contributed by atoms with Gasteiger partial charge in [0.25, 0.3) is 0 Å². The van der Waals surface area contributed by atoms with Crippen LogP contribution >= 0.6 is 0 Å². The van der Waals surface area contributed by atoms with Crippen LogP contribution in [0.5, 0.6) is 0 Å². The highest BCUT2D eigenvalue weighted by molar-refractivity contribution is 5.95. The molecule has 1 N–H and O–H groups in total. The van der Waals surface area contributed by atoms with Crippen molar-refractivity contribution in [3.63, 3.8) is 0 Å². The number of allylic oxidation sites excluding steroid dienone is 1. The maximum atomic E-state index is 13.6. The summed E-state index contributed by atoms with van der Waals surface area (Å²) in [6.07, 6.45) is 0.759. The van der Waals surface area contributed by atoms with Crippen LogP contribution in [0.25, 0.3) is 0 Å². The molecule has 136 valence electrons. The van der Waals surface area contributed by atoms with Crippen LogP contribution in [0.4, 0.5) is 13.6 Å². The predicted octanol–water partition coefficient (Wildman–Crippen LogP) is 3.52. The minimum Gasteiger partial charge on any atom is -0.466 e. The fourth-order valence-corrected chi connectivity index (χ4v) is 2.75. The molecule has 2 amide bonds. The number of esters is 1. The number of urea groups is 1. The lowest BCUT2D eigenvalue weighted by Gasteiger charge is -2.35. The summed E-state index contributed by atoms with van der Waals surface area (Å²) in [6.45, 7) is 6.16. The maximum Gasteiger partial charge on any atom is 0.337 e. The second-order valence-corrected chi connectivity index (χ2v) is 6.38. The van der Waals surface area contributed by atoms with Gasteiger partial charge in [0.15, 0.2) is 11.6 Å². The number of nitrogens with one attached hydrogen (secondary N) is 1. The third kappa shape index (κ3) is 3.97. The fourth-order valence-electron chi connectivity index (χ4n) is 2.75. The highest BCUT2D eigenvalue weighted by Crippen LogP contribution is 2.32. The number of nitrogens with zero attached hydrogens (tertiary/aromatic N) is 1. The smallest absolute Gasteiger partial charge is 0.337 e. The van der Waals surface area contributed by atoms with Crippen molar-refractivity contribution in [3.05, 3.63) is 46.7 Å². The third-order valence-electron chi connectivity index (χ3n) is 4.21. The minimum atomic E-state index is -1.05. The van der Waals surface area contributed by atoms with Crippen LogP contribution in [0, 0.1) is 17.6 Å². The topological polar surface area (TPSA) is 58.6 Å². The second-order valence-electron chi connectivity index (χ2n) is 6.38. The predicted molar refractivity (Wildman–Crippen MR) is 88.5 cm³/mol. The fraction of sp³-hybridized carbons (Fsp3) is 0.444. The normalized spacial score (nSPS) is 17.8. The Labute approximate surface area is 145 Å². The van der Waals surface area contributed by atoms with Crippen LogP contribution < -0.4 is 5.32 Å². The van der Waals surface area contributed by atoms with E-state index in [1.165, 1.54) is 18.1 Å². The van der Waals surface area contributed by atoms with E-state index in [2.05, 4.69) is 5.32 Å². The average molecular weight is 352 g/mol. The summed E-state index contributed by atoms with van der Waals surface area (Å²) in [6, 6.07) is 1.99. The van der Waals surface area contributed by atoms with Crippen molar-refractivity contribution < 1.29 is 23.1 Å². The third-order valence-corrected chi connectivity index (χ3v) is 4.21. The van der Waals surface area contributed by atoms with Gasteiger partial charge in [-0.15, -0.1) is 0 Å². The van der Waals surface area contributed by atoms with Crippen LogP contribution in [-0.4, -0.2) is 30.6 Å². The Kier molecular flexibility index (Phi) is 5.77. The number of hydrogen-bond acceptors (Lipinski definition) is 3. The molecule has 0 saturated carbocycles. The van der Waals surface area contributed by atoms with Crippen molar-refractivity contribution in [3.8, 4) is 0 Å². The summed E-state index contributed by atoms with van der Waals surface area (Å²) in [5, 5.41) is 2.69. The van der Waals surface area contributed by atoms with Gasteiger partial charge in [0.05, 0.1) is 18.7 Å². The lowest BCUT2D eigenvalue weighted by Crippen LogP contribution is -2.48. The molecule has 1 atom stereocenters. The summed E-state index contributed by atoms with van der Waals surface area (Å²) < 4.78 is 31.6. The zero-order chi connectivity index (χ0) is 18.7. The van der Waals surface area contributed by atoms with Gasteiger partial charge < -0.3 is 10.1 Å². The zero-order valence-corrected chi connectivity index (χ0v) is 14.7. The standard InChI is InChI=1S/C18H22F2N2O3/c1-10(2)7-8-22-11(3)15(17(23)25-4)16(21-18(22)24)12-5-6-13(19)14(20)9-12/h5-6,9-10,16H,7-8H2,1-4H3,(H,21,24)/t16-/m0/s1. The monoisotopic (exact) mass is 352 g/mol. The van der Waals surface area contributed by atoms with Gasteiger partial charge in [-0.25, -0.2) is 18.4 Å². The molecule has 25 heavy (non-hydrogen) atoms. The Morgan fingerprint density at radius 1 is 1.32 bits per heavy atom. The molecule has 0 aliphatic carbocycles. The van der Waals surface area contributed by atoms with Crippen molar-refractivity contribution >= 4 is 12.0 Å². The van der Waals surface area contributed by atoms with Gasteiger partial charge in [0, 0.05) is 12.2 Å². The molecule has 1 aliphatic rings. The summed E-state index contributed by atoms with van der Waals surface area (Å²) in [5.74, 6) is -2.28. The average Bonchev–Trinajstić information content (AvgIpc) is 2.55. The number of hydrogen-bond donors (Lipinski definition) is 1. The van der Waals surface area contributed by atoms with E-state index in [9.17, 15) is 18.4 Å². The number of carbonyl (C=O) groups is 2. The number of rotatable bonds is 5.